The lowest BCUT2D eigenvalue weighted by molar-refractivity contribution is 0.412. The summed E-state index contributed by atoms with van der Waals surface area (Å²) >= 11 is 0. The van der Waals surface area contributed by atoms with Gasteiger partial charge in [-0.3, -0.25) is 0 Å². The molecule has 16 heavy (non-hydrogen) atoms. The maximum absolute atomic E-state index is 10.1. The predicted octanol–water partition coefficient (Wildman–Crippen LogP) is 4.39. The molecule has 0 spiro atoms. The molecule has 2 rings (SSSR count). The first-order valence-electron chi connectivity index (χ1n) is 6.63. The monoisotopic (exact) mass is 218 g/mol. The molecule has 1 N–H and O–H groups in total. The fraction of sp³-hybridized carbons (Fsp3) is 0.600. The summed E-state index contributed by atoms with van der Waals surface area (Å²) < 4.78 is 0. The molecule has 0 saturated heterocycles. The molecule has 0 aromatic heterocycles. The Labute approximate surface area is 98.5 Å². The molecule has 0 unspecified atom stereocenters. The highest BCUT2D eigenvalue weighted by molar-refractivity contribution is 5.42. The Kier molecular flexibility index (Phi) is 3.87. The van der Waals surface area contributed by atoms with Crippen LogP contribution in [0, 0.1) is 0 Å². The van der Waals surface area contributed by atoms with Gasteiger partial charge in [0, 0.05) is 5.56 Å². The molecule has 88 valence electrons. The third kappa shape index (κ3) is 2.40. The number of rotatable bonds is 3. The maximum Gasteiger partial charge on any atom is 0.119 e. The van der Waals surface area contributed by atoms with E-state index in [0.717, 1.165) is 12.8 Å². The highest BCUT2D eigenvalue weighted by Gasteiger charge is 2.20. The number of hydrogen-bond acceptors (Lipinski definition) is 1. The van der Waals surface area contributed by atoms with Gasteiger partial charge in [0.15, 0.2) is 0 Å². The molecular weight excluding hydrogens is 196 g/mol. The number of hydrogen-bond donors (Lipinski definition) is 1. The lowest BCUT2D eigenvalue weighted by Crippen LogP contribution is -2.07. The van der Waals surface area contributed by atoms with E-state index in [-0.39, 0.29) is 0 Å². The summed E-state index contributed by atoms with van der Waals surface area (Å²) in [5, 5.41) is 10.1. The zero-order chi connectivity index (χ0) is 11.4. The molecule has 0 aliphatic heterocycles. The Morgan fingerprint density at radius 3 is 2.62 bits per heavy atom. The Balaban J connectivity index is 2.28. The zero-order valence-corrected chi connectivity index (χ0v) is 10.2. The minimum atomic E-state index is 0.526. The molecule has 0 amide bonds. The number of aromatic hydroxyl groups is 1. The van der Waals surface area contributed by atoms with Gasteiger partial charge in [-0.2, -0.15) is 0 Å². The van der Waals surface area contributed by atoms with Crippen LogP contribution in [-0.2, 0) is 6.42 Å². The van der Waals surface area contributed by atoms with E-state index in [4.69, 9.17) is 0 Å². The molecule has 1 aliphatic rings. The largest absolute Gasteiger partial charge is 0.508 e. The van der Waals surface area contributed by atoms with Crippen LogP contribution in [0.5, 0.6) is 5.75 Å². The zero-order valence-electron chi connectivity index (χ0n) is 10.2. The molecule has 1 aromatic rings. The van der Waals surface area contributed by atoms with Crippen LogP contribution in [0.15, 0.2) is 18.2 Å². The van der Waals surface area contributed by atoms with Crippen LogP contribution in [-0.4, -0.2) is 5.11 Å². The van der Waals surface area contributed by atoms with Crippen LogP contribution < -0.4 is 0 Å². The predicted molar refractivity (Wildman–Crippen MR) is 67.9 cm³/mol. The molecule has 1 nitrogen and oxygen atoms in total. The maximum atomic E-state index is 10.1. The van der Waals surface area contributed by atoms with Crippen molar-refractivity contribution in [2.75, 3.05) is 0 Å². The Bertz CT molecular complexity index is 337. The summed E-state index contributed by atoms with van der Waals surface area (Å²) in [7, 11) is 0. The van der Waals surface area contributed by atoms with Crippen molar-refractivity contribution in [3.8, 4) is 5.75 Å². The third-order valence-corrected chi connectivity index (χ3v) is 3.71. The van der Waals surface area contributed by atoms with E-state index in [1.54, 1.807) is 0 Å². The second kappa shape index (κ2) is 5.38. The van der Waals surface area contributed by atoms with Crippen LogP contribution in [0.1, 0.15) is 62.5 Å². The lowest BCUT2D eigenvalue weighted by Gasteiger charge is -2.25. The number of phenolic OH excluding ortho intramolecular Hbond substituents is 1. The molecule has 0 atom stereocenters. The fourth-order valence-corrected chi connectivity index (χ4v) is 2.95. The first-order valence-corrected chi connectivity index (χ1v) is 6.63. The van der Waals surface area contributed by atoms with E-state index in [2.05, 4.69) is 13.0 Å². The summed E-state index contributed by atoms with van der Waals surface area (Å²) in [6, 6.07) is 6.02. The SMILES string of the molecule is CCCc1cccc(O)c1C1CCCCC1. The van der Waals surface area contributed by atoms with Crippen LogP contribution in [0.4, 0.5) is 0 Å². The average Bonchev–Trinajstić information content (AvgIpc) is 2.31. The number of aryl methyl sites for hydroxylation is 1. The highest BCUT2D eigenvalue weighted by Crippen LogP contribution is 2.39. The van der Waals surface area contributed by atoms with Crippen molar-refractivity contribution in [3.05, 3.63) is 29.3 Å². The fourth-order valence-electron chi connectivity index (χ4n) is 2.95. The van der Waals surface area contributed by atoms with Crippen molar-refractivity contribution in [1.29, 1.82) is 0 Å². The van der Waals surface area contributed by atoms with Gasteiger partial charge in [0.25, 0.3) is 0 Å². The van der Waals surface area contributed by atoms with Crippen LogP contribution >= 0.6 is 0 Å². The first-order chi connectivity index (χ1) is 7.83. The van der Waals surface area contributed by atoms with Crippen molar-refractivity contribution >= 4 is 0 Å². The normalized spacial score (nSPS) is 17.6. The molecule has 1 aromatic carbocycles. The molecule has 0 heterocycles. The Hall–Kier alpha value is -0.980. The Morgan fingerprint density at radius 1 is 1.19 bits per heavy atom. The van der Waals surface area contributed by atoms with Gasteiger partial charge in [-0.15, -0.1) is 0 Å². The van der Waals surface area contributed by atoms with Gasteiger partial charge in [-0.25, -0.2) is 0 Å². The molecular formula is C15H22O. The molecule has 0 radical (unpaired) electrons. The second-order valence-corrected chi connectivity index (χ2v) is 4.93. The van der Waals surface area contributed by atoms with Crippen LogP contribution in [0.2, 0.25) is 0 Å². The van der Waals surface area contributed by atoms with Crippen molar-refractivity contribution in [3.63, 3.8) is 0 Å². The minimum absolute atomic E-state index is 0.526. The van der Waals surface area contributed by atoms with Crippen LogP contribution in [0.25, 0.3) is 0 Å². The highest BCUT2D eigenvalue weighted by atomic mass is 16.3. The third-order valence-electron chi connectivity index (χ3n) is 3.71. The molecule has 1 heteroatoms. The summed E-state index contributed by atoms with van der Waals surface area (Å²) in [5.74, 6) is 1.13. The van der Waals surface area contributed by atoms with E-state index in [9.17, 15) is 5.11 Å². The van der Waals surface area contributed by atoms with E-state index < -0.39 is 0 Å². The molecule has 1 saturated carbocycles. The summed E-state index contributed by atoms with van der Waals surface area (Å²) in [6.07, 6.45) is 8.79. The van der Waals surface area contributed by atoms with Gasteiger partial charge < -0.3 is 5.11 Å². The standard InChI is InChI=1S/C15H22O/c1-2-7-12-10-6-11-14(16)15(12)13-8-4-3-5-9-13/h6,10-11,13,16H,2-5,7-9H2,1H3. The topological polar surface area (TPSA) is 20.2 Å². The van der Waals surface area contributed by atoms with Gasteiger partial charge in [0.1, 0.15) is 5.75 Å². The van der Waals surface area contributed by atoms with E-state index in [1.807, 2.05) is 12.1 Å². The van der Waals surface area contributed by atoms with Crippen molar-refractivity contribution in [1.82, 2.24) is 0 Å². The van der Waals surface area contributed by atoms with Crippen molar-refractivity contribution < 1.29 is 5.11 Å². The van der Waals surface area contributed by atoms with Gasteiger partial charge in [-0.05, 0) is 36.8 Å². The van der Waals surface area contributed by atoms with E-state index >= 15 is 0 Å². The molecule has 0 bridgehead atoms. The lowest BCUT2D eigenvalue weighted by atomic mass is 9.81. The quantitative estimate of drug-likeness (QED) is 0.797. The van der Waals surface area contributed by atoms with Gasteiger partial charge in [0.05, 0.1) is 0 Å². The Morgan fingerprint density at radius 2 is 1.94 bits per heavy atom. The van der Waals surface area contributed by atoms with Crippen molar-refractivity contribution in [2.45, 2.75) is 57.8 Å². The number of benzene rings is 1. The smallest absolute Gasteiger partial charge is 0.119 e. The van der Waals surface area contributed by atoms with Crippen molar-refractivity contribution in [2.24, 2.45) is 0 Å². The minimum Gasteiger partial charge on any atom is -0.508 e. The van der Waals surface area contributed by atoms with E-state index in [0.29, 0.717) is 11.7 Å². The molecule has 1 fully saturated rings. The average molecular weight is 218 g/mol. The summed E-state index contributed by atoms with van der Waals surface area (Å²) in [4.78, 5) is 0. The first kappa shape index (κ1) is 11.5. The van der Waals surface area contributed by atoms with E-state index in [1.165, 1.54) is 43.2 Å². The summed E-state index contributed by atoms with van der Waals surface area (Å²) in [5.41, 5.74) is 2.62. The van der Waals surface area contributed by atoms with Gasteiger partial charge in [0.2, 0.25) is 0 Å². The number of phenols is 1. The van der Waals surface area contributed by atoms with Crippen LogP contribution in [0.3, 0.4) is 0 Å². The molecule has 1 aliphatic carbocycles. The second-order valence-electron chi connectivity index (χ2n) is 4.93. The van der Waals surface area contributed by atoms with Gasteiger partial charge >= 0.3 is 0 Å². The summed E-state index contributed by atoms with van der Waals surface area (Å²) in [6.45, 7) is 2.20. The van der Waals surface area contributed by atoms with Gasteiger partial charge in [-0.1, -0.05) is 44.7 Å².